The Morgan fingerprint density at radius 3 is 2.62 bits per heavy atom. The highest BCUT2D eigenvalue weighted by Crippen LogP contribution is 2.20. The van der Waals surface area contributed by atoms with Gasteiger partial charge in [0.15, 0.2) is 5.82 Å². The van der Waals surface area contributed by atoms with Gasteiger partial charge < -0.3 is 10.2 Å². The number of aromatic nitrogens is 3. The van der Waals surface area contributed by atoms with Crippen LogP contribution in [0.1, 0.15) is 19.0 Å². The molecule has 3 rings (SSSR count). The summed E-state index contributed by atoms with van der Waals surface area (Å²) < 4.78 is 0. The van der Waals surface area contributed by atoms with Crippen molar-refractivity contribution >= 4 is 5.82 Å². The van der Waals surface area contributed by atoms with Crippen LogP contribution in [0.2, 0.25) is 0 Å². The van der Waals surface area contributed by atoms with Crippen molar-refractivity contribution in [3.05, 3.63) is 36.3 Å². The summed E-state index contributed by atoms with van der Waals surface area (Å²) >= 11 is 0. The van der Waals surface area contributed by atoms with Crippen molar-refractivity contribution < 1.29 is 0 Å². The minimum absolute atomic E-state index is 0.803. The molecule has 0 spiro atoms. The molecule has 1 aliphatic rings. The standard InChI is InChI=1S/C16H21N5/c1-2-3-14-12-15(21-10-8-18-9-11-21)20-16(19-14)13-4-6-17-7-5-13/h4-7,12,18H,2-3,8-11H2,1H3. The predicted molar refractivity (Wildman–Crippen MR) is 84.3 cm³/mol. The van der Waals surface area contributed by atoms with Crippen LogP contribution in [-0.4, -0.2) is 41.1 Å². The molecule has 1 N–H and O–H groups in total. The average Bonchev–Trinajstić information content (AvgIpc) is 2.56. The van der Waals surface area contributed by atoms with Crippen LogP contribution in [-0.2, 0) is 6.42 Å². The van der Waals surface area contributed by atoms with E-state index in [0.29, 0.717) is 0 Å². The Balaban J connectivity index is 1.97. The maximum Gasteiger partial charge on any atom is 0.161 e. The maximum absolute atomic E-state index is 4.77. The second-order valence-corrected chi connectivity index (χ2v) is 5.26. The minimum atomic E-state index is 0.803. The zero-order chi connectivity index (χ0) is 14.5. The molecule has 1 fully saturated rings. The third-order valence-electron chi connectivity index (χ3n) is 3.65. The van der Waals surface area contributed by atoms with Gasteiger partial charge in [0.25, 0.3) is 0 Å². The normalized spacial score (nSPS) is 15.2. The molecule has 5 heteroatoms. The lowest BCUT2D eigenvalue weighted by atomic mass is 10.2. The van der Waals surface area contributed by atoms with E-state index in [1.54, 1.807) is 12.4 Å². The number of piperazine rings is 1. The molecule has 1 saturated heterocycles. The Hall–Kier alpha value is -2.01. The van der Waals surface area contributed by atoms with Gasteiger partial charge >= 0.3 is 0 Å². The second-order valence-electron chi connectivity index (χ2n) is 5.26. The predicted octanol–water partition coefficient (Wildman–Crippen LogP) is 1.90. The van der Waals surface area contributed by atoms with Crippen molar-refractivity contribution in [2.45, 2.75) is 19.8 Å². The Kier molecular flexibility index (Phi) is 4.40. The fraction of sp³-hybridized carbons (Fsp3) is 0.438. The van der Waals surface area contributed by atoms with Gasteiger partial charge in [-0.15, -0.1) is 0 Å². The van der Waals surface area contributed by atoms with E-state index < -0.39 is 0 Å². The van der Waals surface area contributed by atoms with E-state index in [9.17, 15) is 0 Å². The van der Waals surface area contributed by atoms with Crippen LogP contribution in [0.4, 0.5) is 5.82 Å². The van der Waals surface area contributed by atoms with Gasteiger partial charge in [0.1, 0.15) is 5.82 Å². The van der Waals surface area contributed by atoms with Crippen molar-refractivity contribution in [2.24, 2.45) is 0 Å². The van der Waals surface area contributed by atoms with Gasteiger partial charge in [0, 0.05) is 55.9 Å². The Bertz CT molecular complexity index is 578. The molecule has 21 heavy (non-hydrogen) atoms. The van der Waals surface area contributed by atoms with Gasteiger partial charge in [-0.1, -0.05) is 13.3 Å². The fourth-order valence-electron chi connectivity index (χ4n) is 2.55. The number of nitrogens with zero attached hydrogens (tertiary/aromatic N) is 4. The smallest absolute Gasteiger partial charge is 0.161 e. The molecule has 3 heterocycles. The van der Waals surface area contributed by atoms with Gasteiger partial charge in [-0.05, 0) is 18.6 Å². The SMILES string of the molecule is CCCc1cc(N2CCNCC2)nc(-c2ccncc2)n1. The van der Waals surface area contributed by atoms with Crippen molar-refractivity contribution in [1.82, 2.24) is 20.3 Å². The first kappa shape index (κ1) is 13.9. The van der Waals surface area contributed by atoms with E-state index >= 15 is 0 Å². The van der Waals surface area contributed by atoms with E-state index in [0.717, 1.165) is 61.9 Å². The third-order valence-corrected chi connectivity index (χ3v) is 3.65. The van der Waals surface area contributed by atoms with Gasteiger partial charge in [0.2, 0.25) is 0 Å². The van der Waals surface area contributed by atoms with Crippen LogP contribution in [0.25, 0.3) is 11.4 Å². The number of aryl methyl sites for hydroxylation is 1. The monoisotopic (exact) mass is 283 g/mol. The summed E-state index contributed by atoms with van der Waals surface area (Å²) in [5.41, 5.74) is 2.15. The molecule has 5 nitrogen and oxygen atoms in total. The molecule has 1 aliphatic heterocycles. The maximum atomic E-state index is 4.77. The van der Waals surface area contributed by atoms with Crippen LogP contribution in [0.3, 0.4) is 0 Å². The molecular weight excluding hydrogens is 262 g/mol. The molecule has 2 aromatic rings. The number of hydrogen-bond acceptors (Lipinski definition) is 5. The van der Waals surface area contributed by atoms with E-state index in [1.165, 1.54) is 0 Å². The fourth-order valence-corrected chi connectivity index (χ4v) is 2.55. The van der Waals surface area contributed by atoms with Gasteiger partial charge in [-0.3, -0.25) is 4.98 Å². The quantitative estimate of drug-likeness (QED) is 0.929. The highest BCUT2D eigenvalue weighted by molar-refractivity contribution is 5.57. The summed E-state index contributed by atoms with van der Waals surface area (Å²) in [4.78, 5) is 15.9. The molecule has 0 aromatic carbocycles. The molecule has 110 valence electrons. The molecule has 0 radical (unpaired) electrons. The summed E-state index contributed by atoms with van der Waals surface area (Å²) in [7, 11) is 0. The van der Waals surface area contributed by atoms with E-state index in [1.807, 2.05) is 12.1 Å². The van der Waals surface area contributed by atoms with Crippen molar-refractivity contribution in [3.63, 3.8) is 0 Å². The zero-order valence-electron chi connectivity index (χ0n) is 12.4. The number of pyridine rings is 1. The third kappa shape index (κ3) is 3.36. The summed E-state index contributed by atoms with van der Waals surface area (Å²) in [6, 6.07) is 6.07. The van der Waals surface area contributed by atoms with Gasteiger partial charge in [0.05, 0.1) is 0 Å². The highest BCUT2D eigenvalue weighted by Gasteiger charge is 2.14. The Labute approximate surface area is 125 Å². The van der Waals surface area contributed by atoms with Crippen LogP contribution < -0.4 is 10.2 Å². The highest BCUT2D eigenvalue weighted by atomic mass is 15.2. The number of rotatable bonds is 4. The summed E-state index contributed by atoms with van der Waals surface area (Å²) in [5, 5.41) is 3.38. The van der Waals surface area contributed by atoms with Crippen molar-refractivity contribution in [3.8, 4) is 11.4 Å². The molecule has 0 amide bonds. The van der Waals surface area contributed by atoms with E-state index in [4.69, 9.17) is 9.97 Å². The largest absolute Gasteiger partial charge is 0.354 e. The summed E-state index contributed by atoms with van der Waals surface area (Å²) in [6.45, 7) is 6.20. The van der Waals surface area contributed by atoms with Crippen LogP contribution >= 0.6 is 0 Å². The first-order valence-electron chi connectivity index (χ1n) is 7.61. The molecule has 0 aliphatic carbocycles. The Morgan fingerprint density at radius 2 is 1.90 bits per heavy atom. The zero-order valence-corrected chi connectivity index (χ0v) is 12.4. The van der Waals surface area contributed by atoms with Crippen LogP contribution in [0, 0.1) is 0 Å². The van der Waals surface area contributed by atoms with Crippen LogP contribution in [0.15, 0.2) is 30.6 Å². The topological polar surface area (TPSA) is 53.9 Å². The molecular formula is C16H21N5. The van der Waals surface area contributed by atoms with Crippen LogP contribution in [0.5, 0.6) is 0 Å². The van der Waals surface area contributed by atoms with Crippen molar-refractivity contribution in [1.29, 1.82) is 0 Å². The number of nitrogens with one attached hydrogen (secondary N) is 1. The van der Waals surface area contributed by atoms with E-state index in [-0.39, 0.29) is 0 Å². The van der Waals surface area contributed by atoms with Crippen molar-refractivity contribution in [2.75, 3.05) is 31.1 Å². The lowest BCUT2D eigenvalue weighted by Gasteiger charge is -2.28. The lowest BCUT2D eigenvalue weighted by molar-refractivity contribution is 0.584. The van der Waals surface area contributed by atoms with E-state index in [2.05, 4.69) is 28.2 Å². The molecule has 0 saturated carbocycles. The second kappa shape index (κ2) is 6.63. The molecule has 2 aromatic heterocycles. The molecule has 0 bridgehead atoms. The Morgan fingerprint density at radius 1 is 1.14 bits per heavy atom. The van der Waals surface area contributed by atoms with Gasteiger partial charge in [-0.2, -0.15) is 0 Å². The molecule has 0 atom stereocenters. The first-order chi connectivity index (χ1) is 10.4. The number of anilines is 1. The average molecular weight is 283 g/mol. The summed E-state index contributed by atoms with van der Waals surface area (Å²) in [5.74, 6) is 1.85. The summed E-state index contributed by atoms with van der Waals surface area (Å²) in [6.07, 6.45) is 5.65. The molecule has 0 unspecified atom stereocenters. The minimum Gasteiger partial charge on any atom is -0.354 e. The number of hydrogen-bond donors (Lipinski definition) is 1. The lowest BCUT2D eigenvalue weighted by Crippen LogP contribution is -2.44. The van der Waals surface area contributed by atoms with Gasteiger partial charge in [-0.25, -0.2) is 9.97 Å². The first-order valence-corrected chi connectivity index (χ1v) is 7.61.